The molecule has 0 heterocycles. The largest absolute Gasteiger partial charge is 0.508 e. The highest BCUT2D eigenvalue weighted by Crippen LogP contribution is 2.45. The van der Waals surface area contributed by atoms with Gasteiger partial charge in [-0.25, -0.2) is 0 Å². The number of rotatable bonds is 10. The second-order valence-corrected chi connectivity index (χ2v) is 15.6. The van der Waals surface area contributed by atoms with Crippen molar-refractivity contribution >= 4 is 86.0 Å². The van der Waals surface area contributed by atoms with Crippen molar-refractivity contribution in [2.75, 3.05) is 7.11 Å². The Morgan fingerprint density at radius 1 is 0.509 bits per heavy atom. The molecule has 0 spiro atoms. The van der Waals surface area contributed by atoms with Crippen molar-refractivity contribution < 1.29 is 59.0 Å². The van der Waals surface area contributed by atoms with Gasteiger partial charge in [0.1, 0.15) is 44.1 Å². The minimum atomic E-state index is -5.01. The number of fused-ring (bicyclic) bond motifs is 2. The summed E-state index contributed by atoms with van der Waals surface area (Å²) in [5.74, 6) is -1.29. The van der Waals surface area contributed by atoms with E-state index in [1.165, 1.54) is 61.7 Å². The van der Waals surface area contributed by atoms with Crippen LogP contribution >= 0.6 is 0 Å². The molecule has 0 fully saturated rings. The summed E-state index contributed by atoms with van der Waals surface area (Å²) >= 11 is 0. The molecule has 0 aliphatic heterocycles. The van der Waals surface area contributed by atoms with E-state index in [4.69, 9.17) is 4.74 Å². The molecule has 0 unspecified atom stereocenters. The number of hydrogen-bond donors (Lipinski definition) is 6. The third kappa shape index (κ3) is 8.38. The predicted octanol–water partition coefficient (Wildman–Crippen LogP) is 8.10. The summed E-state index contributed by atoms with van der Waals surface area (Å²) < 4.78 is 107. The minimum absolute atomic E-state index is 0.000590. The lowest BCUT2D eigenvalue weighted by Crippen LogP contribution is -2.04. The maximum absolute atomic E-state index is 12.4. The van der Waals surface area contributed by atoms with Gasteiger partial charge in [-0.3, -0.25) is 13.7 Å². The Bertz CT molecular complexity index is 2970. The lowest BCUT2D eigenvalue weighted by molar-refractivity contribution is 0.413. The smallest absolute Gasteiger partial charge is 0.296 e. The monoisotopic (exact) mass is 808 g/mol. The van der Waals surface area contributed by atoms with Crippen molar-refractivity contribution in [3.8, 4) is 23.0 Å². The van der Waals surface area contributed by atoms with Crippen LogP contribution in [0.25, 0.3) is 21.5 Å². The van der Waals surface area contributed by atoms with E-state index in [1.54, 1.807) is 0 Å². The van der Waals surface area contributed by atoms with Crippen LogP contribution in [0.1, 0.15) is 0 Å². The molecule has 6 rings (SSSR count). The molecule has 0 atom stereocenters. The van der Waals surface area contributed by atoms with E-state index in [2.05, 4.69) is 30.7 Å². The van der Waals surface area contributed by atoms with Gasteiger partial charge >= 0.3 is 0 Å². The SMILES string of the molecule is COc1cc(N=Nc2c(S(=O)(=O)O)cc3cc(N=Nc4ccc(O)cc4)ccc3c2O)c(O)cc1N=Nc1ccc2cc(S(=O)(=O)O)cc(S(=O)(=O)O)c2c1. The van der Waals surface area contributed by atoms with Gasteiger partial charge in [0.15, 0.2) is 5.75 Å². The molecule has 0 aliphatic carbocycles. The van der Waals surface area contributed by atoms with Gasteiger partial charge < -0.3 is 20.1 Å². The van der Waals surface area contributed by atoms with E-state index < -0.39 is 62.2 Å². The number of aromatic hydroxyl groups is 3. The molecule has 282 valence electrons. The summed E-state index contributed by atoms with van der Waals surface area (Å²) in [5.41, 5.74) is -0.406. The van der Waals surface area contributed by atoms with E-state index >= 15 is 0 Å². The molecule has 0 bridgehead atoms. The van der Waals surface area contributed by atoms with Crippen molar-refractivity contribution in [3.05, 3.63) is 91.0 Å². The van der Waals surface area contributed by atoms with Crippen LogP contribution < -0.4 is 4.74 Å². The molecule has 0 amide bonds. The highest BCUT2D eigenvalue weighted by Gasteiger charge is 2.23. The summed E-state index contributed by atoms with van der Waals surface area (Å²) in [6, 6.07) is 18.6. The lowest BCUT2D eigenvalue weighted by atomic mass is 10.1. The van der Waals surface area contributed by atoms with Crippen molar-refractivity contribution in [3.63, 3.8) is 0 Å². The molecule has 0 aromatic heterocycles. The molecule has 0 saturated heterocycles. The first-order chi connectivity index (χ1) is 25.8. The molecular formula is C33H24N6O13S3. The van der Waals surface area contributed by atoms with E-state index in [-0.39, 0.29) is 55.8 Å². The summed E-state index contributed by atoms with van der Waals surface area (Å²) in [7, 11) is -13.6. The number of methoxy groups -OCH3 is 1. The zero-order valence-electron chi connectivity index (χ0n) is 27.6. The third-order valence-corrected chi connectivity index (χ3v) is 10.3. The van der Waals surface area contributed by atoms with Crippen molar-refractivity contribution in [1.29, 1.82) is 0 Å². The maximum Gasteiger partial charge on any atom is 0.296 e. The summed E-state index contributed by atoms with van der Waals surface area (Å²) in [6.07, 6.45) is 0. The zero-order valence-corrected chi connectivity index (χ0v) is 30.1. The minimum Gasteiger partial charge on any atom is -0.508 e. The number of phenolic OH excluding ortho intramolecular Hbond substituents is 3. The number of azo groups is 3. The maximum atomic E-state index is 12.4. The van der Waals surface area contributed by atoms with Gasteiger partial charge in [-0.1, -0.05) is 6.07 Å². The van der Waals surface area contributed by atoms with E-state index in [0.29, 0.717) is 11.8 Å². The fourth-order valence-corrected chi connectivity index (χ4v) is 7.13. The first kappa shape index (κ1) is 38.3. The number of ether oxygens (including phenoxy) is 1. The molecule has 0 saturated carbocycles. The van der Waals surface area contributed by atoms with E-state index in [1.807, 2.05) is 0 Å². The summed E-state index contributed by atoms with van der Waals surface area (Å²) in [5, 5.41) is 55.1. The van der Waals surface area contributed by atoms with Gasteiger partial charge in [-0.2, -0.15) is 40.6 Å². The van der Waals surface area contributed by atoms with E-state index in [9.17, 15) is 54.2 Å². The average molecular weight is 809 g/mol. The van der Waals surface area contributed by atoms with Crippen LogP contribution in [-0.4, -0.2) is 61.3 Å². The molecule has 6 aromatic rings. The van der Waals surface area contributed by atoms with E-state index in [0.717, 1.165) is 30.3 Å². The average Bonchev–Trinajstić information content (AvgIpc) is 3.12. The van der Waals surface area contributed by atoms with Crippen molar-refractivity contribution in [2.45, 2.75) is 14.7 Å². The fourth-order valence-electron chi connectivity index (χ4n) is 5.12. The Kier molecular flexibility index (Phi) is 10.0. The fraction of sp³-hybridized carbons (Fsp3) is 0.0303. The highest BCUT2D eigenvalue weighted by molar-refractivity contribution is 7.87. The Morgan fingerprint density at radius 2 is 1.11 bits per heavy atom. The van der Waals surface area contributed by atoms with Crippen LogP contribution in [0.15, 0.2) is 136 Å². The van der Waals surface area contributed by atoms with Crippen molar-refractivity contribution in [2.24, 2.45) is 30.7 Å². The molecule has 6 N–H and O–H groups in total. The number of benzene rings is 6. The highest BCUT2D eigenvalue weighted by atomic mass is 32.2. The molecule has 0 radical (unpaired) electrons. The van der Waals surface area contributed by atoms with Gasteiger partial charge in [0.2, 0.25) is 0 Å². The molecule has 55 heavy (non-hydrogen) atoms. The van der Waals surface area contributed by atoms with Crippen LogP contribution in [-0.2, 0) is 30.4 Å². The van der Waals surface area contributed by atoms with Gasteiger partial charge in [-0.05, 0) is 83.6 Å². The third-order valence-electron chi connectivity index (χ3n) is 7.70. The Balaban J connectivity index is 1.33. The van der Waals surface area contributed by atoms with Crippen LogP contribution in [0.4, 0.5) is 34.1 Å². The first-order valence-electron chi connectivity index (χ1n) is 15.1. The Morgan fingerprint density at radius 3 is 1.76 bits per heavy atom. The van der Waals surface area contributed by atoms with Crippen LogP contribution in [0.5, 0.6) is 23.0 Å². The van der Waals surface area contributed by atoms with Gasteiger partial charge in [0.05, 0.1) is 29.1 Å². The summed E-state index contributed by atoms with van der Waals surface area (Å²) in [6.45, 7) is 0. The van der Waals surface area contributed by atoms with Gasteiger partial charge in [0, 0.05) is 22.9 Å². The van der Waals surface area contributed by atoms with Crippen LogP contribution in [0.2, 0.25) is 0 Å². The number of phenols is 3. The normalized spacial score (nSPS) is 12.8. The second kappa shape index (κ2) is 14.4. The Labute approximate surface area is 310 Å². The number of nitrogens with zero attached hydrogens (tertiary/aromatic N) is 6. The Hall–Kier alpha value is -6.43. The zero-order chi connectivity index (χ0) is 39.9. The van der Waals surface area contributed by atoms with Gasteiger partial charge in [-0.15, -0.1) is 15.3 Å². The topological polar surface area (TPSA) is 307 Å². The second-order valence-electron chi connectivity index (χ2n) is 11.4. The molecule has 22 heteroatoms. The molecule has 6 aromatic carbocycles. The van der Waals surface area contributed by atoms with Gasteiger partial charge in [0.25, 0.3) is 30.4 Å². The molecular weight excluding hydrogens is 785 g/mol. The number of hydrogen-bond acceptors (Lipinski definition) is 16. The standard InChI is InChI=1S/C33H24N6O13S3/c1-52-29-16-26(28(41)15-27(29)38-36-21-3-2-17-11-23(53(43,44)45)14-30(25(17)13-21)54(46,47)48)37-39-32-31(55(49,50)51)12-18-10-20(6-9-24(18)33(32)42)35-34-19-4-7-22(40)8-5-19/h2-16,40-42H,1H3,(H,43,44,45)(H,46,47,48)(H,49,50,51). The van der Waals surface area contributed by atoms with Crippen LogP contribution in [0, 0.1) is 0 Å². The van der Waals surface area contributed by atoms with Crippen LogP contribution in [0.3, 0.4) is 0 Å². The molecule has 0 aliphatic rings. The van der Waals surface area contributed by atoms with Crippen molar-refractivity contribution in [1.82, 2.24) is 0 Å². The summed E-state index contributed by atoms with van der Waals surface area (Å²) in [4.78, 5) is -2.43. The molecule has 19 nitrogen and oxygen atoms in total. The quantitative estimate of drug-likeness (QED) is 0.0563. The first-order valence-corrected chi connectivity index (χ1v) is 19.4. The lowest BCUT2D eigenvalue weighted by Gasteiger charge is -2.10. The predicted molar refractivity (Wildman–Crippen MR) is 194 cm³/mol.